The summed E-state index contributed by atoms with van der Waals surface area (Å²) in [5.41, 5.74) is 1.93. The standard InChI is InChI=1S/C22H29FN2O2/c1-17(2)18-7-9-20(10-8-18)27-16-19(26)15-24-11-13-25(14-12-24)22-6-4-3-5-21(22)23/h3-10,17,19,26H,11-16H2,1-2H3. The first-order valence-corrected chi connectivity index (χ1v) is 9.65. The molecule has 1 heterocycles. The summed E-state index contributed by atoms with van der Waals surface area (Å²) in [7, 11) is 0. The normalized spacial score (nSPS) is 16.6. The van der Waals surface area contributed by atoms with E-state index in [1.807, 2.05) is 24.3 Å². The molecule has 2 aromatic rings. The number of β-amino-alcohol motifs (C(OH)–C–C–N with tert-alkyl or cyclic N) is 1. The predicted molar refractivity (Wildman–Crippen MR) is 107 cm³/mol. The van der Waals surface area contributed by atoms with E-state index in [4.69, 9.17) is 4.74 Å². The van der Waals surface area contributed by atoms with Crippen molar-refractivity contribution in [3.63, 3.8) is 0 Å². The van der Waals surface area contributed by atoms with Gasteiger partial charge in [-0.1, -0.05) is 38.1 Å². The molecule has 1 fully saturated rings. The van der Waals surface area contributed by atoms with E-state index in [2.05, 4.69) is 35.8 Å². The van der Waals surface area contributed by atoms with Gasteiger partial charge in [0.05, 0.1) is 5.69 Å². The topological polar surface area (TPSA) is 35.9 Å². The number of aliphatic hydroxyl groups excluding tert-OH is 1. The van der Waals surface area contributed by atoms with E-state index in [0.717, 1.165) is 31.9 Å². The zero-order valence-corrected chi connectivity index (χ0v) is 16.1. The largest absolute Gasteiger partial charge is 0.491 e. The molecule has 0 radical (unpaired) electrons. The Morgan fingerprint density at radius 2 is 1.67 bits per heavy atom. The minimum Gasteiger partial charge on any atom is -0.491 e. The summed E-state index contributed by atoms with van der Waals surface area (Å²) in [5, 5.41) is 10.3. The van der Waals surface area contributed by atoms with Crippen LogP contribution in [-0.4, -0.2) is 55.4 Å². The number of hydrogen-bond donors (Lipinski definition) is 1. The summed E-state index contributed by atoms with van der Waals surface area (Å²) in [6.45, 7) is 8.26. The van der Waals surface area contributed by atoms with Crippen LogP contribution in [-0.2, 0) is 0 Å². The van der Waals surface area contributed by atoms with E-state index in [-0.39, 0.29) is 12.4 Å². The van der Waals surface area contributed by atoms with E-state index >= 15 is 0 Å². The van der Waals surface area contributed by atoms with Crippen molar-refractivity contribution in [3.8, 4) is 5.75 Å². The van der Waals surface area contributed by atoms with Crippen LogP contribution in [0.5, 0.6) is 5.75 Å². The molecule has 1 unspecified atom stereocenters. The number of anilines is 1. The smallest absolute Gasteiger partial charge is 0.146 e. The van der Waals surface area contributed by atoms with Crippen LogP contribution in [0.25, 0.3) is 0 Å². The average Bonchev–Trinajstić information content (AvgIpc) is 2.68. The third-order valence-corrected chi connectivity index (χ3v) is 5.02. The second kappa shape index (κ2) is 9.20. The van der Waals surface area contributed by atoms with Gasteiger partial charge in [-0.25, -0.2) is 4.39 Å². The van der Waals surface area contributed by atoms with Crippen LogP contribution >= 0.6 is 0 Å². The molecule has 3 rings (SSSR count). The zero-order valence-electron chi connectivity index (χ0n) is 16.1. The van der Waals surface area contributed by atoms with Gasteiger partial charge in [0.1, 0.15) is 24.3 Å². The summed E-state index contributed by atoms with van der Waals surface area (Å²) < 4.78 is 19.6. The number of halogens is 1. The number of ether oxygens (including phenoxy) is 1. The first-order chi connectivity index (χ1) is 13.0. The summed E-state index contributed by atoms with van der Waals surface area (Å²) in [6.07, 6.45) is -0.546. The second-order valence-electron chi connectivity index (χ2n) is 7.43. The lowest BCUT2D eigenvalue weighted by atomic mass is 10.0. The molecule has 0 bridgehead atoms. The molecule has 27 heavy (non-hydrogen) atoms. The van der Waals surface area contributed by atoms with Gasteiger partial charge in [0.2, 0.25) is 0 Å². The summed E-state index contributed by atoms with van der Waals surface area (Å²) in [6, 6.07) is 14.9. The van der Waals surface area contributed by atoms with Crippen molar-refractivity contribution in [3.05, 3.63) is 59.9 Å². The fraction of sp³-hybridized carbons (Fsp3) is 0.455. The lowest BCUT2D eigenvalue weighted by Crippen LogP contribution is -2.49. The van der Waals surface area contributed by atoms with Crippen molar-refractivity contribution in [2.24, 2.45) is 0 Å². The number of aliphatic hydroxyl groups is 1. The molecule has 0 aromatic heterocycles. The van der Waals surface area contributed by atoms with Gasteiger partial charge in [-0.3, -0.25) is 4.90 Å². The first kappa shape index (κ1) is 19.6. The van der Waals surface area contributed by atoms with Gasteiger partial charge in [-0.15, -0.1) is 0 Å². The maximum Gasteiger partial charge on any atom is 0.146 e. The molecule has 4 nitrogen and oxygen atoms in total. The Balaban J connectivity index is 1.41. The third kappa shape index (κ3) is 5.44. The van der Waals surface area contributed by atoms with Crippen molar-refractivity contribution in [1.82, 2.24) is 4.90 Å². The van der Waals surface area contributed by atoms with Gasteiger partial charge in [0, 0.05) is 32.7 Å². The molecule has 1 aliphatic heterocycles. The SMILES string of the molecule is CC(C)c1ccc(OCC(O)CN2CCN(c3ccccc3F)CC2)cc1. The van der Waals surface area contributed by atoms with Gasteiger partial charge in [-0.2, -0.15) is 0 Å². The fourth-order valence-corrected chi connectivity index (χ4v) is 3.37. The Kier molecular flexibility index (Phi) is 6.69. The quantitative estimate of drug-likeness (QED) is 0.807. The summed E-state index contributed by atoms with van der Waals surface area (Å²) >= 11 is 0. The lowest BCUT2D eigenvalue weighted by Gasteiger charge is -2.36. The third-order valence-electron chi connectivity index (χ3n) is 5.02. The highest BCUT2D eigenvalue weighted by molar-refractivity contribution is 5.48. The Bertz CT molecular complexity index is 713. The molecule has 5 heteroatoms. The fourth-order valence-electron chi connectivity index (χ4n) is 3.37. The van der Waals surface area contributed by atoms with Crippen molar-refractivity contribution in [1.29, 1.82) is 0 Å². The molecule has 0 amide bonds. The number of para-hydroxylation sites is 1. The van der Waals surface area contributed by atoms with Gasteiger partial charge in [-0.05, 0) is 35.7 Å². The monoisotopic (exact) mass is 372 g/mol. The Morgan fingerprint density at radius 3 is 2.30 bits per heavy atom. The maximum absolute atomic E-state index is 13.9. The Hall–Kier alpha value is -2.11. The number of benzene rings is 2. The number of hydrogen-bond acceptors (Lipinski definition) is 4. The number of rotatable bonds is 7. The second-order valence-corrected chi connectivity index (χ2v) is 7.43. The molecular formula is C22H29FN2O2. The minimum absolute atomic E-state index is 0.178. The molecule has 146 valence electrons. The van der Waals surface area contributed by atoms with Crippen LogP contribution in [0.2, 0.25) is 0 Å². The highest BCUT2D eigenvalue weighted by Crippen LogP contribution is 2.21. The van der Waals surface area contributed by atoms with Gasteiger partial charge in [0.15, 0.2) is 0 Å². The Labute approximate surface area is 161 Å². The molecule has 1 N–H and O–H groups in total. The molecular weight excluding hydrogens is 343 g/mol. The minimum atomic E-state index is -0.546. The van der Waals surface area contributed by atoms with E-state index in [1.54, 1.807) is 6.07 Å². The van der Waals surface area contributed by atoms with E-state index in [1.165, 1.54) is 11.6 Å². The number of nitrogens with zero attached hydrogens (tertiary/aromatic N) is 2. The van der Waals surface area contributed by atoms with Gasteiger partial charge >= 0.3 is 0 Å². The lowest BCUT2D eigenvalue weighted by molar-refractivity contribution is 0.0662. The highest BCUT2D eigenvalue weighted by Gasteiger charge is 2.21. The molecule has 0 aliphatic carbocycles. The Morgan fingerprint density at radius 1 is 1.00 bits per heavy atom. The molecule has 0 spiro atoms. The van der Waals surface area contributed by atoms with E-state index < -0.39 is 6.10 Å². The van der Waals surface area contributed by atoms with Crippen LogP contribution in [0.15, 0.2) is 48.5 Å². The highest BCUT2D eigenvalue weighted by atomic mass is 19.1. The van der Waals surface area contributed by atoms with E-state index in [9.17, 15) is 9.50 Å². The average molecular weight is 372 g/mol. The van der Waals surface area contributed by atoms with Crippen LogP contribution in [0.4, 0.5) is 10.1 Å². The molecule has 1 saturated heterocycles. The van der Waals surface area contributed by atoms with Crippen LogP contribution in [0.3, 0.4) is 0 Å². The molecule has 0 saturated carbocycles. The van der Waals surface area contributed by atoms with Crippen molar-refractivity contribution in [2.45, 2.75) is 25.9 Å². The first-order valence-electron chi connectivity index (χ1n) is 9.65. The van der Waals surface area contributed by atoms with Crippen LogP contribution < -0.4 is 9.64 Å². The number of piperazine rings is 1. The van der Waals surface area contributed by atoms with Crippen molar-refractivity contribution >= 4 is 5.69 Å². The van der Waals surface area contributed by atoms with Crippen molar-refractivity contribution in [2.75, 3.05) is 44.2 Å². The molecule has 1 atom stereocenters. The summed E-state index contributed by atoms with van der Waals surface area (Å²) in [5.74, 6) is 1.10. The molecule has 1 aliphatic rings. The van der Waals surface area contributed by atoms with Crippen LogP contribution in [0.1, 0.15) is 25.3 Å². The zero-order chi connectivity index (χ0) is 19.2. The van der Waals surface area contributed by atoms with E-state index in [0.29, 0.717) is 18.2 Å². The maximum atomic E-state index is 13.9. The van der Waals surface area contributed by atoms with Crippen LogP contribution in [0, 0.1) is 5.82 Å². The molecule has 2 aromatic carbocycles. The van der Waals surface area contributed by atoms with Gasteiger partial charge < -0.3 is 14.7 Å². The predicted octanol–water partition coefficient (Wildman–Crippen LogP) is 3.51. The van der Waals surface area contributed by atoms with Gasteiger partial charge in [0.25, 0.3) is 0 Å². The van der Waals surface area contributed by atoms with Crippen molar-refractivity contribution < 1.29 is 14.2 Å². The summed E-state index contributed by atoms with van der Waals surface area (Å²) in [4.78, 5) is 4.26.